The van der Waals surface area contributed by atoms with Crippen molar-refractivity contribution >= 4 is 17.2 Å². The minimum atomic E-state index is -4.45. The van der Waals surface area contributed by atoms with Crippen LogP contribution in [0.15, 0.2) is 5.38 Å². The lowest BCUT2D eigenvalue weighted by Crippen LogP contribution is -2.39. The number of halogens is 3. The number of carbonyl (C=O) groups is 1. The van der Waals surface area contributed by atoms with Crippen LogP contribution < -0.4 is 11.1 Å². The Morgan fingerprint density at radius 3 is 2.82 bits per heavy atom. The zero-order valence-corrected chi connectivity index (χ0v) is 13.1. The molecular formula is C14H20F3N3OS. The summed E-state index contributed by atoms with van der Waals surface area (Å²) in [6.07, 6.45) is -0.716. The van der Waals surface area contributed by atoms with Crippen LogP contribution in [0.1, 0.15) is 55.8 Å². The fourth-order valence-corrected chi connectivity index (χ4v) is 3.63. The van der Waals surface area contributed by atoms with E-state index in [1.807, 2.05) is 6.92 Å². The number of aromatic nitrogens is 1. The number of hydrogen-bond donors (Lipinski definition) is 2. The lowest BCUT2D eigenvalue weighted by molar-refractivity contribution is -0.140. The third kappa shape index (κ3) is 4.19. The van der Waals surface area contributed by atoms with Gasteiger partial charge < -0.3 is 11.1 Å². The van der Waals surface area contributed by atoms with Gasteiger partial charge in [0, 0.05) is 17.3 Å². The first-order valence-corrected chi connectivity index (χ1v) is 8.27. The fraction of sp³-hybridized carbons (Fsp3) is 0.714. The standard InChI is InChI=1S/C14H20F3N3OS/c1-2-10(13-20-11(7-22-13)14(15,16)17)19-12(21)8-4-3-5-9(18)6-8/h7-10H,2-6,18H2,1H3,(H,19,21). The van der Waals surface area contributed by atoms with Gasteiger partial charge in [0.1, 0.15) is 5.01 Å². The van der Waals surface area contributed by atoms with E-state index in [1.54, 1.807) is 0 Å². The summed E-state index contributed by atoms with van der Waals surface area (Å²) in [7, 11) is 0. The van der Waals surface area contributed by atoms with Crippen molar-refractivity contribution in [3.8, 4) is 0 Å². The first kappa shape index (κ1) is 17.2. The quantitative estimate of drug-likeness (QED) is 0.887. The SMILES string of the molecule is CCC(NC(=O)C1CCCC(N)C1)c1nc(C(F)(F)F)cs1. The van der Waals surface area contributed by atoms with Crippen LogP contribution in [-0.4, -0.2) is 16.9 Å². The van der Waals surface area contributed by atoms with E-state index in [0.717, 1.165) is 36.0 Å². The number of rotatable bonds is 4. The lowest BCUT2D eigenvalue weighted by atomic mass is 9.85. The Hall–Kier alpha value is -1.15. The molecule has 0 bridgehead atoms. The fourth-order valence-electron chi connectivity index (χ4n) is 2.67. The van der Waals surface area contributed by atoms with E-state index in [4.69, 9.17) is 5.73 Å². The first-order valence-electron chi connectivity index (χ1n) is 7.39. The van der Waals surface area contributed by atoms with Crippen molar-refractivity contribution in [1.29, 1.82) is 0 Å². The van der Waals surface area contributed by atoms with E-state index < -0.39 is 17.9 Å². The largest absolute Gasteiger partial charge is 0.434 e. The van der Waals surface area contributed by atoms with Gasteiger partial charge in [-0.2, -0.15) is 13.2 Å². The van der Waals surface area contributed by atoms with Crippen LogP contribution in [0.2, 0.25) is 0 Å². The number of carbonyl (C=O) groups excluding carboxylic acids is 1. The molecule has 4 nitrogen and oxygen atoms in total. The normalized spacial score (nSPS) is 24.0. The average Bonchev–Trinajstić information content (AvgIpc) is 2.94. The number of nitrogens with one attached hydrogen (secondary N) is 1. The Morgan fingerprint density at radius 1 is 1.55 bits per heavy atom. The molecular weight excluding hydrogens is 315 g/mol. The van der Waals surface area contributed by atoms with Gasteiger partial charge in [0.15, 0.2) is 5.69 Å². The second-order valence-corrected chi connectivity index (χ2v) is 6.55. The van der Waals surface area contributed by atoms with Crippen LogP contribution in [0.3, 0.4) is 0 Å². The van der Waals surface area contributed by atoms with Gasteiger partial charge in [-0.3, -0.25) is 4.79 Å². The van der Waals surface area contributed by atoms with E-state index in [1.165, 1.54) is 0 Å². The summed E-state index contributed by atoms with van der Waals surface area (Å²) in [5, 5.41) is 4.11. The monoisotopic (exact) mass is 335 g/mol. The summed E-state index contributed by atoms with van der Waals surface area (Å²) in [5.41, 5.74) is 4.97. The number of nitrogens with zero attached hydrogens (tertiary/aromatic N) is 1. The first-order chi connectivity index (χ1) is 10.3. The number of alkyl halides is 3. The maximum absolute atomic E-state index is 12.6. The lowest BCUT2D eigenvalue weighted by Gasteiger charge is -2.27. The molecule has 0 radical (unpaired) electrons. The molecule has 3 N–H and O–H groups in total. The second kappa shape index (κ2) is 6.95. The van der Waals surface area contributed by atoms with Gasteiger partial charge in [-0.05, 0) is 25.7 Å². The summed E-state index contributed by atoms with van der Waals surface area (Å²) in [6, 6.07) is -0.451. The van der Waals surface area contributed by atoms with E-state index >= 15 is 0 Å². The van der Waals surface area contributed by atoms with Crippen LogP contribution in [0, 0.1) is 5.92 Å². The highest BCUT2D eigenvalue weighted by Crippen LogP contribution is 2.32. The Balaban J connectivity index is 2.02. The van der Waals surface area contributed by atoms with E-state index in [0.29, 0.717) is 17.8 Å². The van der Waals surface area contributed by atoms with Gasteiger partial charge in [0.25, 0.3) is 0 Å². The van der Waals surface area contributed by atoms with Crippen molar-refractivity contribution in [2.45, 2.75) is 57.3 Å². The smallest absolute Gasteiger partial charge is 0.347 e. The molecule has 0 saturated heterocycles. The van der Waals surface area contributed by atoms with E-state index in [-0.39, 0.29) is 17.9 Å². The van der Waals surface area contributed by atoms with Crippen molar-refractivity contribution in [2.75, 3.05) is 0 Å². The Morgan fingerprint density at radius 2 is 2.27 bits per heavy atom. The zero-order valence-electron chi connectivity index (χ0n) is 12.3. The molecule has 3 atom stereocenters. The molecule has 124 valence electrons. The molecule has 1 amide bonds. The summed E-state index contributed by atoms with van der Waals surface area (Å²) in [4.78, 5) is 15.9. The Kier molecular flexibility index (Phi) is 5.44. The average molecular weight is 335 g/mol. The summed E-state index contributed by atoms with van der Waals surface area (Å²) in [5.74, 6) is -0.286. The van der Waals surface area contributed by atoms with Gasteiger partial charge in [-0.1, -0.05) is 13.3 Å². The van der Waals surface area contributed by atoms with Crippen LogP contribution in [0.25, 0.3) is 0 Å². The van der Waals surface area contributed by atoms with Crippen molar-refractivity contribution in [3.63, 3.8) is 0 Å². The Labute approximate surface area is 131 Å². The number of nitrogens with two attached hydrogens (primary N) is 1. The van der Waals surface area contributed by atoms with Gasteiger partial charge in [-0.25, -0.2) is 4.98 Å². The molecule has 0 aromatic carbocycles. The van der Waals surface area contributed by atoms with Gasteiger partial charge >= 0.3 is 6.18 Å². The molecule has 1 aromatic heterocycles. The van der Waals surface area contributed by atoms with Crippen LogP contribution >= 0.6 is 11.3 Å². The highest BCUT2D eigenvalue weighted by molar-refractivity contribution is 7.09. The third-order valence-corrected chi connectivity index (χ3v) is 4.88. The molecule has 1 aromatic rings. The molecule has 8 heteroatoms. The number of amides is 1. The predicted octanol–water partition coefficient (Wildman–Crippen LogP) is 3.25. The van der Waals surface area contributed by atoms with Gasteiger partial charge in [0.05, 0.1) is 6.04 Å². The van der Waals surface area contributed by atoms with E-state index in [9.17, 15) is 18.0 Å². The second-order valence-electron chi connectivity index (χ2n) is 5.66. The predicted molar refractivity (Wildman–Crippen MR) is 78.2 cm³/mol. The van der Waals surface area contributed by atoms with Crippen LogP contribution in [0.5, 0.6) is 0 Å². The van der Waals surface area contributed by atoms with Gasteiger partial charge in [-0.15, -0.1) is 11.3 Å². The summed E-state index contributed by atoms with van der Waals surface area (Å²) < 4.78 is 37.8. The van der Waals surface area contributed by atoms with Crippen molar-refractivity contribution in [2.24, 2.45) is 11.7 Å². The highest BCUT2D eigenvalue weighted by Gasteiger charge is 2.35. The molecule has 1 aliphatic rings. The topological polar surface area (TPSA) is 68.0 Å². The highest BCUT2D eigenvalue weighted by atomic mass is 32.1. The summed E-state index contributed by atoms with van der Waals surface area (Å²) >= 11 is 0.928. The number of thiazole rings is 1. The minimum absolute atomic E-state index is 0.0290. The molecule has 1 saturated carbocycles. The zero-order chi connectivity index (χ0) is 16.3. The van der Waals surface area contributed by atoms with Crippen LogP contribution in [0.4, 0.5) is 13.2 Å². The molecule has 3 unspecified atom stereocenters. The van der Waals surface area contributed by atoms with Crippen molar-refractivity contribution < 1.29 is 18.0 Å². The maximum Gasteiger partial charge on any atom is 0.434 e. The molecule has 0 spiro atoms. The van der Waals surface area contributed by atoms with Crippen molar-refractivity contribution in [1.82, 2.24) is 10.3 Å². The third-order valence-electron chi connectivity index (χ3n) is 3.92. The molecule has 1 fully saturated rings. The maximum atomic E-state index is 12.6. The molecule has 1 heterocycles. The molecule has 0 aliphatic heterocycles. The van der Waals surface area contributed by atoms with Crippen molar-refractivity contribution in [3.05, 3.63) is 16.1 Å². The van der Waals surface area contributed by atoms with E-state index in [2.05, 4.69) is 10.3 Å². The van der Waals surface area contributed by atoms with Crippen LogP contribution in [-0.2, 0) is 11.0 Å². The molecule has 1 aliphatic carbocycles. The Bertz CT molecular complexity index is 518. The minimum Gasteiger partial charge on any atom is -0.347 e. The van der Waals surface area contributed by atoms with Gasteiger partial charge in [0.2, 0.25) is 5.91 Å². The summed E-state index contributed by atoms with van der Waals surface area (Å²) in [6.45, 7) is 1.81. The molecule has 2 rings (SSSR count). The number of hydrogen-bond acceptors (Lipinski definition) is 4. The molecule has 22 heavy (non-hydrogen) atoms.